The number of hydrogen-bond donors (Lipinski definition) is 4. The molecule has 4 aliphatic rings. The van der Waals surface area contributed by atoms with Gasteiger partial charge in [0.05, 0.1) is 6.04 Å². The van der Waals surface area contributed by atoms with Crippen LogP contribution in [0.15, 0.2) is 36.5 Å². The van der Waals surface area contributed by atoms with E-state index in [0.717, 1.165) is 19.3 Å². The average molecular weight is 484 g/mol. The molecule has 6 N–H and O–H groups in total. The van der Waals surface area contributed by atoms with E-state index in [2.05, 4.69) is 36.3 Å². The van der Waals surface area contributed by atoms with E-state index in [1.165, 1.54) is 0 Å². The zero-order chi connectivity index (χ0) is 25.4. The van der Waals surface area contributed by atoms with Crippen LogP contribution in [0.3, 0.4) is 0 Å². The molecule has 0 aromatic rings. The van der Waals surface area contributed by atoms with Crippen molar-refractivity contribution in [2.45, 2.75) is 57.7 Å². The van der Waals surface area contributed by atoms with Crippen LogP contribution in [0.25, 0.3) is 0 Å². The fourth-order valence-corrected chi connectivity index (χ4v) is 6.52. The van der Waals surface area contributed by atoms with Gasteiger partial charge in [-0.05, 0) is 54.8 Å². The first-order valence-electron chi connectivity index (χ1n) is 12.6. The van der Waals surface area contributed by atoms with Crippen molar-refractivity contribution in [2.75, 3.05) is 6.54 Å². The van der Waals surface area contributed by atoms with Crippen molar-refractivity contribution >= 4 is 23.8 Å². The van der Waals surface area contributed by atoms with Gasteiger partial charge in [-0.2, -0.15) is 0 Å². The lowest BCUT2D eigenvalue weighted by Gasteiger charge is -2.34. The molecule has 0 spiro atoms. The minimum atomic E-state index is -0.782. The molecule has 0 aromatic carbocycles. The second-order valence-electron chi connectivity index (χ2n) is 10.6. The molecule has 3 fully saturated rings. The number of primary amides is 2. The standard InChI is InChI=1S/C26H37N5O4/c1-4-7-19(14(3)23(27)32)29-24(33)22-20-13(2)18(20)12-31(22)25(34)21(30-26(28)35)17-10-15-8-5-6-9-16(15)11-17/h5-6,8-9,13,15-22H,3-4,7,10-12H2,1-2H3,(H2,27,32)(H,29,33)(H3,28,30,35). The number of amides is 5. The molecule has 35 heavy (non-hydrogen) atoms. The highest BCUT2D eigenvalue weighted by Crippen LogP contribution is 2.55. The number of piperidine rings is 1. The summed E-state index contributed by atoms with van der Waals surface area (Å²) in [5.74, 6) is -0.0210. The van der Waals surface area contributed by atoms with E-state index in [4.69, 9.17) is 11.5 Å². The van der Waals surface area contributed by atoms with E-state index in [1.54, 1.807) is 4.90 Å². The van der Waals surface area contributed by atoms with Crippen LogP contribution in [0, 0.1) is 35.5 Å². The molecule has 8 atom stereocenters. The normalized spacial score (nSPS) is 33.9. The Morgan fingerprint density at radius 2 is 1.71 bits per heavy atom. The zero-order valence-electron chi connectivity index (χ0n) is 20.5. The molecule has 0 aromatic heterocycles. The van der Waals surface area contributed by atoms with E-state index in [0.29, 0.717) is 30.7 Å². The summed E-state index contributed by atoms with van der Waals surface area (Å²) in [7, 11) is 0. The molecule has 0 bridgehead atoms. The minimum Gasteiger partial charge on any atom is -0.366 e. The Hall–Kier alpha value is -3.10. The highest BCUT2D eigenvalue weighted by molar-refractivity contribution is 5.96. The Balaban J connectivity index is 1.53. The number of urea groups is 1. The molecule has 190 valence electrons. The molecule has 9 nitrogen and oxygen atoms in total. The van der Waals surface area contributed by atoms with Crippen molar-refractivity contribution in [1.82, 2.24) is 15.5 Å². The Bertz CT molecular complexity index is 955. The van der Waals surface area contributed by atoms with Crippen molar-refractivity contribution < 1.29 is 19.2 Å². The molecule has 3 aliphatic carbocycles. The Morgan fingerprint density at radius 3 is 2.26 bits per heavy atom. The maximum absolute atomic E-state index is 13.9. The Morgan fingerprint density at radius 1 is 1.09 bits per heavy atom. The number of rotatable bonds is 9. The Kier molecular flexibility index (Phi) is 7.05. The molecule has 0 radical (unpaired) electrons. The summed E-state index contributed by atoms with van der Waals surface area (Å²) in [5.41, 5.74) is 11.0. The smallest absolute Gasteiger partial charge is 0.312 e. The van der Waals surface area contributed by atoms with Crippen molar-refractivity contribution in [1.29, 1.82) is 0 Å². The number of carbonyl (C=O) groups is 4. The topological polar surface area (TPSA) is 148 Å². The minimum absolute atomic E-state index is 0.0503. The van der Waals surface area contributed by atoms with Crippen molar-refractivity contribution in [3.63, 3.8) is 0 Å². The average Bonchev–Trinajstić information content (AvgIpc) is 3.18. The molecule has 1 aliphatic heterocycles. The molecule has 9 heteroatoms. The number of nitrogens with two attached hydrogens (primary N) is 2. The number of nitrogens with zero attached hydrogens (tertiary/aromatic N) is 1. The summed E-state index contributed by atoms with van der Waals surface area (Å²) in [4.78, 5) is 52.6. The van der Waals surface area contributed by atoms with Gasteiger partial charge in [-0.1, -0.05) is 51.2 Å². The number of likely N-dealkylation sites (tertiary alicyclic amines) is 1. The maximum Gasteiger partial charge on any atom is 0.312 e. The summed E-state index contributed by atoms with van der Waals surface area (Å²) in [5, 5.41) is 5.63. The molecular formula is C26H37N5O4. The van der Waals surface area contributed by atoms with Crippen LogP contribution >= 0.6 is 0 Å². The van der Waals surface area contributed by atoms with Gasteiger partial charge in [0.2, 0.25) is 17.7 Å². The summed E-state index contributed by atoms with van der Waals surface area (Å²) in [6.07, 6.45) is 11.1. The fraction of sp³-hybridized carbons (Fsp3) is 0.615. The summed E-state index contributed by atoms with van der Waals surface area (Å²) < 4.78 is 0. The van der Waals surface area contributed by atoms with Gasteiger partial charge in [-0.25, -0.2) is 4.79 Å². The molecule has 1 heterocycles. The quantitative estimate of drug-likeness (QED) is 0.365. The third kappa shape index (κ3) is 4.86. The van der Waals surface area contributed by atoms with Gasteiger partial charge >= 0.3 is 6.03 Å². The van der Waals surface area contributed by atoms with Gasteiger partial charge in [-0.3, -0.25) is 14.4 Å². The van der Waals surface area contributed by atoms with Gasteiger partial charge in [0.15, 0.2) is 0 Å². The van der Waals surface area contributed by atoms with Crippen LogP contribution in [-0.2, 0) is 14.4 Å². The second-order valence-corrected chi connectivity index (χ2v) is 10.6. The van der Waals surface area contributed by atoms with E-state index in [9.17, 15) is 19.2 Å². The first-order valence-corrected chi connectivity index (χ1v) is 12.6. The van der Waals surface area contributed by atoms with Gasteiger partial charge in [0, 0.05) is 12.1 Å². The highest BCUT2D eigenvalue weighted by atomic mass is 16.2. The lowest BCUT2D eigenvalue weighted by atomic mass is 9.92. The number of allylic oxidation sites excluding steroid dienone is 4. The molecule has 1 saturated heterocycles. The summed E-state index contributed by atoms with van der Waals surface area (Å²) in [6, 6.07) is -2.77. The van der Waals surface area contributed by atoms with E-state index < -0.39 is 30.1 Å². The maximum atomic E-state index is 13.9. The van der Waals surface area contributed by atoms with Crippen LogP contribution in [0.2, 0.25) is 0 Å². The third-order valence-electron chi connectivity index (χ3n) is 8.49. The van der Waals surface area contributed by atoms with Crippen molar-refractivity contribution in [2.24, 2.45) is 47.0 Å². The number of hydrogen-bond acceptors (Lipinski definition) is 4. The van der Waals surface area contributed by atoms with Crippen LogP contribution in [0.4, 0.5) is 4.79 Å². The predicted octanol–water partition coefficient (Wildman–Crippen LogP) is 1.21. The van der Waals surface area contributed by atoms with Crippen molar-refractivity contribution in [3.8, 4) is 0 Å². The van der Waals surface area contributed by atoms with E-state index >= 15 is 0 Å². The zero-order valence-corrected chi connectivity index (χ0v) is 20.5. The first-order chi connectivity index (χ1) is 16.6. The van der Waals surface area contributed by atoms with Crippen LogP contribution < -0.4 is 22.1 Å². The molecule has 8 unspecified atom stereocenters. The van der Waals surface area contributed by atoms with Crippen LogP contribution in [-0.4, -0.2) is 53.3 Å². The lowest BCUT2D eigenvalue weighted by molar-refractivity contribution is -0.142. The predicted molar refractivity (Wildman–Crippen MR) is 131 cm³/mol. The summed E-state index contributed by atoms with van der Waals surface area (Å²) in [6.45, 7) is 8.26. The lowest BCUT2D eigenvalue weighted by Crippen LogP contribution is -2.58. The van der Waals surface area contributed by atoms with Crippen LogP contribution in [0.5, 0.6) is 0 Å². The number of fused-ring (bicyclic) bond motifs is 2. The van der Waals surface area contributed by atoms with Gasteiger partial charge in [-0.15, -0.1) is 0 Å². The second kappa shape index (κ2) is 9.87. The number of carbonyl (C=O) groups excluding carboxylic acids is 4. The van der Waals surface area contributed by atoms with Crippen LogP contribution in [0.1, 0.15) is 39.5 Å². The molecular weight excluding hydrogens is 446 g/mol. The summed E-state index contributed by atoms with van der Waals surface area (Å²) >= 11 is 0. The molecule has 2 saturated carbocycles. The first kappa shape index (κ1) is 25.0. The largest absolute Gasteiger partial charge is 0.366 e. The number of nitrogens with one attached hydrogen (secondary N) is 2. The Labute approximate surface area is 206 Å². The molecule has 5 amide bonds. The van der Waals surface area contributed by atoms with Crippen molar-refractivity contribution in [3.05, 3.63) is 36.5 Å². The highest BCUT2D eigenvalue weighted by Gasteiger charge is 2.63. The van der Waals surface area contributed by atoms with Gasteiger partial charge in [0.1, 0.15) is 12.1 Å². The van der Waals surface area contributed by atoms with Gasteiger partial charge < -0.3 is 27.0 Å². The SMILES string of the molecule is C=C(C(N)=O)C(CCC)NC(=O)C1C2C(C)C2CN1C(=O)C(NC(N)=O)C1CC2C=CC=CC2C1. The van der Waals surface area contributed by atoms with E-state index in [-0.39, 0.29) is 35.1 Å². The van der Waals surface area contributed by atoms with Gasteiger partial charge in [0.25, 0.3) is 0 Å². The molecule has 4 rings (SSSR count). The third-order valence-corrected chi connectivity index (χ3v) is 8.49. The monoisotopic (exact) mass is 483 g/mol. The van der Waals surface area contributed by atoms with E-state index in [1.807, 2.05) is 19.1 Å². The fourth-order valence-electron chi connectivity index (χ4n) is 6.52.